The molecule has 2 N–H and O–H groups in total. The molecule has 1 saturated carbocycles. The van der Waals surface area contributed by atoms with Crippen LogP contribution in [0.4, 0.5) is 5.69 Å². The first kappa shape index (κ1) is 14.9. The van der Waals surface area contributed by atoms with Gasteiger partial charge in [-0.1, -0.05) is 24.1 Å². The molecule has 1 aromatic rings. The van der Waals surface area contributed by atoms with Crippen LogP contribution in [0.15, 0.2) is 18.2 Å². The van der Waals surface area contributed by atoms with E-state index < -0.39 is 0 Å². The summed E-state index contributed by atoms with van der Waals surface area (Å²) < 4.78 is 0. The Hall–Kier alpha value is -1.55. The number of hydrogen-bond donors (Lipinski definition) is 2. The first-order valence-electron chi connectivity index (χ1n) is 6.82. The molecule has 0 aromatic heterocycles. The molecule has 0 heterocycles. The Morgan fingerprint density at radius 2 is 2.05 bits per heavy atom. The SMILES string of the molecule is CNC(=O)[C@@H]1CCC[C@@H]1Nc1cccc(Cl)c1C(C)=O. The minimum Gasteiger partial charge on any atom is -0.381 e. The molecule has 4 nitrogen and oxygen atoms in total. The summed E-state index contributed by atoms with van der Waals surface area (Å²) in [5, 5.41) is 6.47. The van der Waals surface area contributed by atoms with E-state index in [0.29, 0.717) is 16.3 Å². The summed E-state index contributed by atoms with van der Waals surface area (Å²) in [4.78, 5) is 23.6. The maximum Gasteiger partial charge on any atom is 0.224 e. The fourth-order valence-electron chi connectivity index (χ4n) is 2.83. The molecule has 1 aliphatic rings. The number of ketones is 1. The molecule has 5 heteroatoms. The minimum absolute atomic E-state index is 0.0476. The second-order valence-corrected chi connectivity index (χ2v) is 5.53. The second-order valence-electron chi connectivity index (χ2n) is 5.12. The first-order valence-corrected chi connectivity index (χ1v) is 7.20. The fourth-order valence-corrected chi connectivity index (χ4v) is 3.14. The van der Waals surface area contributed by atoms with Gasteiger partial charge in [0, 0.05) is 18.8 Å². The summed E-state index contributed by atoms with van der Waals surface area (Å²) in [7, 11) is 1.65. The van der Waals surface area contributed by atoms with E-state index in [1.54, 1.807) is 19.2 Å². The number of halogens is 1. The third-order valence-electron chi connectivity index (χ3n) is 3.81. The number of anilines is 1. The zero-order valence-electron chi connectivity index (χ0n) is 11.7. The molecule has 20 heavy (non-hydrogen) atoms. The number of nitrogens with one attached hydrogen (secondary N) is 2. The van der Waals surface area contributed by atoms with Gasteiger partial charge in [0.25, 0.3) is 0 Å². The van der Waals surface area contributed by atoms with Gasteiger partial charge in [-0.25, -0.2) is 0 Å². The Balaban J connectivity index is 2.24. The smallest absolute Gasteiger partial charge is 0.224 e. The molecule has 108 valence electrons. The zero-order chi connectivity index (χ0) is 14.7. The van der Waals surface area contributed by atoms with Crippen molar-refractivity contribution in [1.29, 1.82) is 0 Å². The Bertz CT molecular complexity index is 531. The first-order chi connectivity index (χ1) is 9.54. The Morgan fingerprint density at radius 3 is 2.70 bits per heavy atom. The van der Waals surface area contributed by atoms with Crippen molar-refractivity contribution in [3.63, 3.8) is 0 Å². The van der Waals surface area contributed by atoms with Gasteiger partial charge in [0.2, 0.25) is 5.91 Å². The molecule has 0 bridgehead atoms. The lowest BCUT2D eigenvalue weighted by Crippen LogP contribution is -2.36. The number of Topliss-reactive ketones (excluding diaryl/α,β-unsaturated/α-hetero) is 1. The van der Waals surface area contributed by atoms with Gasteiger partial charge < -0.3 is 10.6 Å². The van der Waals surface area contributed by atoms with E-state index in [9.17, 15) is 9.59 Å². The lowest BCUT2D eigenvalue weighted by Gasteiger charge is -2.22. The quantitative estimate of drug-likeness (QED) is 0.840. The summed E-state index contributed by atoms with van der Waals surface area (Å²) >= 11 is 6.10. The van der Waals surface area contributed by atoms with E-state index in [2.05, 4.69) is 10.6 Å². The van der Waals surface area contributed by atoms with Crippen LogP contribution in [-0.4, -0.2) is 24.8 Å². The molecule has 1 amide bonds. The number of carbonyl (C=O) groups is 2. The Labute approximate surface area is 123 Å². The highest BCUT2D eigenvalue weighted by molar-refractivity contribution is 6.34. The Morgan fingerprint density at radius 1 is 1.30 bits per heavy atom. The van der Waals surface area contributed by atoms with Crippen molar-refractivity contribution in [2.45, 2.75) is 32.2 Å². The lowest BCUT2D eigenvalue weighted by molar-refractivity contribution is -0.124. The van der Waals surface area contributed by atoms with Gasteiger partial charge in [0.1, 0.15) is 0 Å². The normalized spacial score (nSPS) is 21.6. The van der Waals surface area contributed by atoms with E-state index in [4.69, 9.17) is 11.6 Å². The summed E-state index contributed by atoms with van der Waals surface area (Å²) in [6.07, 6.45) is 2.79. The zero-order valence-corrected chi connectivity index (χ0v) is 12.5. The van der Waals surface area contributed by atoms with Crippen LogP contribution in [0.25, 0.3) is 0 Å². The van der Waals surface area contributed by atoms with E-state index in [0.717, 1.165) is 19.3 Å². The number of hydrogen-bond acceptors (Lipinski definition) is 3. The maximum absolute atomic E-state index is 11.9. The van der Waals surface area contributed by atoms with Gasteiger partial charge in [0.15, 0.2) is 5.78 Å². The molecule has 0 saturated heterocycles. The number of rotatable bonds is 4. The van der Waals surface area contributed by atoms with Crippen LogP contribution in [0.3, 0.4) is 0 Å². The number of amides is 1. The molecule has 1 aromatic carbocycles. The molecule has 2 rings (SSSR count). The van der Waals surface area contributed by atoms with Crippen LogP contribution >= 0.6 is 11.6 Å². The maximum atomic E-state index is 11.9. The average molecular weight is 295 g/mol. The molecule has 1 aliphatic carbocycles. The van der Waals surface area contributed by atoms with Crippen molar-refractivity contribution in [3.8, 4) is 0 Å². The molecular weight excluding hydrogens is 276 g/mol. The van der Waals surface area contributed by atoms with Crippen molar-refractivity contribution in [3.05, 3.63) is 28.8 Å². The van der Waals surface area contributed by atoms with Crippen molar-refractivity contribution in [2.24, 2.45) is 5.92 Å². The van der Waals surface area contributed by atoms with Crippen LogP contribution in [-0.2, 0) is 4.79 Å². The highest BCUT2D eigenvalue weighted by atomic mass is 35.5. The van der Waals surface area contributed by atoms with Crippen LogP contribution in [0.5, 0.6) is 0 Å². The predicted octanol–water partition coefficient (Wildman–Crippen LogP) is 2.87. The van der Waals surface area contributed by atoms with E-state index in [-0.39, 0.29) is 23.7 Å². The van der Waals surface area contributed by atoms with E-state index in [1.807, 2.05) is 6.07 Å². The summed E-state index contributed by atoms with van der Waals surface area (Å²) in [6.45, 7) is 1.50. The lowest BCUT2D eigenvalue weighted by atomic mass is 10.0. The molecule has 0 spiro atoms. The van der Waals surface area contributed by atoms with Gasteiger partial charge in [0.05, 0.1) is 16.5 Å². The van der Waals surface area contributed by atoms with Crippen molar-refractivity contribution >= 4 is 29.0 Å². The van der Waals surface area contributed by atoms with Crippen LogP contribution in [0.2, 0.25) is 5.02 Å². The Kier molecular flexibility index (Phi) is 4.65. The van der Waals surface area contributed by atoms with Crippen LogP contribution in [0, 0.1) is 5.92 Å². The van der Waals surface area contributed by atoms with Crippen molar-refractivity contribution in [1.82, 2.24) is 5.32 Å². The molecule has 0 unspecified atom stereocenters. The monoisotopic (exact) mass is 294 g/mol. The number of carbonyl (C=O) groups excluding carboxylic acids is 2. The largest absolute Gasteiger partial charge is 0.381 e. The molecular formula is C15H19ClN2O2. The van der Waals surface area contributed by atoms with Crippen LogP contribution < -0.4 is 10.6 Å². The van der Waals surface area contributed by atoms with Gasteiger partial charge in [-0.05, 0) is 31.9 Å². The fraction of sp³-hybridized carbons (Fsp3) is 0.467. The van der Waals surface area contributed by atoms with Crippen molar-refractivity contribution < 1.29 is 9.59 Å². The summed E-state index contributed by atoms with van der Waals surface area (Å²) in [6, 6.07) is 5.39. The molecule has 0 aliphatic heterocycles. The highest BCUT2D eigenvalue weighted by Gasteiger charge is 2.32. The van der Waals surface area contributed by atoms with E-state index >= 15 is 0 Å². The predicted molar refractivity (Wildman–Crippen MR) is 80.3 cm³/mol. The highest BCUT2D eigenvalue weighted by Crippen LogP contribution is 2.32. The van der Waals surface area contributed by atoms with Gasteiger partial charge in [-0.2, -0.15) is 0 Å². The second kappa shape index (κ2) is 6.27. The third kappa shape index (κ3) is 2.96. The molecule has 0 radical (unpaired) electrons. The average Bonchev–Trinajstić information content (AvgIpc) is 2.85. The van der Waals surface area contributed by atoms with Gasteiger partial charge >= 0.3 is 0 Å². The minimum atomic E-state index is -0.0763. The van der Waals surface area contributed by atoms with E-state index in [1.165, 1.54) is 6.92 Å². The van der Waals surface area contributed by atoms with Crippen LogP contribution in [0.1, 0.15) is 36.5 Å². The molecule has 2 atom stereocenters. The molecule has 1 fully saturated rings. The number of benzene rings is 1. The topological polar surface area (TPSA) is 58.2 Å². The van der Waals surface area contributed by atoms with Gasteiger partial charge in [-0.15, -0.1) is 0 Å². The summed E-state index contributed by atoms with van der Waals surface area (Å²) in [5.41, 5.74) is 1.21. The third-order valence-corrected chi connectivity index (χ3v) is 4.12. The summed E-state index contributed by atoms with van der Waals surface area (Å²) in [5.74, 6) is -0.0854. The van der Waals surface area contributed by atoms with Gasteiger partial charge in [-0.3, -0.25) is 9.59 Å². The standard InChI is InChI=1S/C15H19ClN2O2/c1-9(19)14-11(16)6-4-8-13(14)18-12-7-3-5-10(12)15(20)17-2/h4,6,8,10,12,18H,3,5,7H2,1-2H3,(H,17,20)/t10-,12+/m1/s1. The van der Waals surface area contributed by atoms with Crippen molar-refractivity contribution in [2.75, 3.05) is 12.4 Å².